The number of amides is 1. The van der Waals surface area contributed by atoms with Crippen LogP contribution in [0.5, 0.6) is 0 Å². The zero-order valence-electron chi connectivity index (χ0n) is 13.6. The molecule has 4 nitrogen and oxygen atoms in total. The van der Waals surface area contributed by atoms with Gasteiger partial charge in [0, 0.05) is 24.0 Å². The number of nitrogens with one attached hydrogen (secondary N) is 1. The number of thiazole rings is 1. The third-order valence-corrected chi connectivity index (χ3v) is 5.12. The van der Waals surface area contributed by atoms with Gasteiger partial charge in [0.05, 0.1) is 5.56 Å². The molecule has 0 spiro atoms. The summed E-state index contributed by atoms with van der Waals surface area (Å²) in [6, 6.07) is 5.01. The minimum atomic E-state index is -4.40. The van der Waals surface area contributed by atoms with Crippen molar-refractivity contribution in [1.82, 2.24) is 15.2 Å². The quantitative estimate of drug-likeness (QED) is 0.897. The Labute approximate surface area is 147 Å². The molecule has 2 aromatic rings. The van der Waals surface area contributed by atoms with Crippen LogP contribution in [0.3, 0.4) is 0 Å². The van der Waals surface area contributed by atoms with Crippen LogP contribution in [0.25, 0.3) is 10.6 Å². The molecule has 1 amide bonds. The Morgan fingerprint density at radius 3 is 2.96 bits per heavy atom. The van der Waals surface area contributed by atoms with E-state index < -0.39 is 11.7 Å². The number of hydrogen-bond donors (Lipinski definition) is 1. The molecule has 0 aliphatic carbocycles. The highest BCUT2D eigenvalue weighted by Gasteiger charge is 2.31. The summed E-state index contributed by atoms with van der Waals surface area (Å²) < 4.78 is 38.5. The van der Waals surface area contributed by atoms with Gasteiger partial charge in [-0.05, 0) is 38.1 Å². The van der Waals surface area contributed by atoms with E-state index in [0.717, 1.165) is 25.1 Å². The number of hydrogen-bond acceptors (Lipinski definition) is 4. The lowest BCUT2D eigenvalue weighted by Crippen LogP contribution is -2.30. The van der Waals surface area contributed by atoms with Crippen molar-refractivity contribution in [2.75, 3.05) is 26.7 Å². The van der Waals surface area contributed by atoms with Crippen molar-refractivity contribution in [2.24, 2.45) is 5.92 Å². The molecule has 1 N–H and O–H groups in total. The van der Waals surface area contributed by atoms with E-state index in [1.165, 1.54) is 17.4 Å². The first kappa shape index (κ1) is 17.9. The lowest BCUT2D eigenvalue weighted by atomic mass is 10.1. The second-order valence-corrected chi connectivity index (χ2v) is 6.94. The van der Waals surface area contributed by atoms with Crippen LogP contribution in [0, 0.1) is 5.92 Å². The van der Waals surface area contributed by atoms with Gasteiger partial charge in [-0.3, -0.25) is 4.79 Å². The molecule has 1 saturated heterocycles. The van der Waals surface area contributed by atoms with Crippen LogP contribution in [-0.4, -0.2) is 42.5 Å². The van der Waals surface area contributed by atoms with Crippen LogP contribution in [-0.2, 0) is 6.18 Å². The molecule has 1 fully saturated rings. The van der Waals surface area contributed by atoms with Gasteiger partial charge in [-0.15, -0.1) is 11.3 Å². The van der Waals surface area contributed by atoms with Gasteiger partial charge >= 0.3 is 6.18 Å². The molecule has 8 heteroatoms. The smallest absolute Gasteiger partial charge is 0.337 e. The Hall–Kier alpha value is -1.93. The van der Waals surface area contributed by atoms with E-state index in [1.807, 2.05) is 7.05 Å². The summed E-state index contributed by atoms with van der Waals surface area (Å²) in [5, 5.41) is 5.14. The van der Waals surface area contributed by atoms with Crippen molar-refractivity contribution >= 4 is 17.2 Å². The van der Waals surface area contributed by atoms with Crippen molar-refractivity contribution in [3.05, 3.63) is 40.9 Å². The SMILES string of the molecule is CNCC1CCN(C(=O)c2csc(-c3cccc(C(F)(F)F)c3)n2)C1. The van der Waals surface area contributed by atoms with E-state index in [4.69, 9.17) is 0 Å². The predicted molar refractivity (Wildman–Crippen MR) is 90.5 cm³/mol. The van der Waals surface area contributed by atoms with Gasteiger partial charge in [0.25, 0.3) is 5.91 Å². The zero-order chi connectivity index (χ0) is 18.0. The number of aromatic nitrogens is 1. The van der Waals surface area contributed by atoms with Crippen LogP contribution in [0.1, 0.15) is 22.5 Å². The van der Waals surface area contributed by atoms with Crippen molar-refractivity contribution in [1.29, 1.82) is 0 Å². The maximum atomic E-state index is 12.8. The predicted octanol–water partition coefficient (Wildman–Crippen LogP) is 3.51. The van der Waals surface area contributed by atoms with Gasteiger partial charge in [-0.25, -0.2) is 4.98 Å². The number of carbonyl (C=O) groups is 1. The number of halogens is 3. The highest BCUT2D eigenvalue weighted by molar-refractivity contribution is 7.13. The third kappa shape index (κ3) is 4.01. The van der Waals surface area contributed by atoms with E-state index in [9.17, 15) is 18.0 Å². The zero-order valence-corrected chi connectivity index (χ0v) is 14.5. The summed E-state index contributed by atoms with van der Waals surface area (Å²) in [5.74, 6) is 0.267. The average Bonchev–Trinajstić information content (AvgIpc) is 3.23. The highest BCUT2D eigenvalue weighted by Crippen LogP contribution is 2.33. The lowest BCUT2D eigenvalue weighted by molar-refractivity contribution is -0.137. The van der Waals surface area contributed by atoms with Gasteiger partial charge in [0.15, 0.2) is 0 Å². The largest absolute Gasteiger partial charge is 0.416 e. The summed E-state index contributed by atoms with van der Waals surface area (Å²) in [5.41, 5.74) is -0.0570. The number of alkyl halides is 3. The summed E-state index contributed by atoms with van der Waals surface area (Å²) in [4.78, 5) is 18.6. The van der Waals surface area contributed by atoms with Crippen LogP contribution in [0.2, 0.25) is 0 Å². The fourth-order valence-electron chi connectivity index (χ4n) is 2.97. The van der Waals surface area contributed by atoms with E-state index >= 15 is 0 Å². The molecule has 1 unspecified atom stereocenters. The molecule has 1 aromatic heterocycles. The third-order valence-electron chi connectivity index (χ3n) is 4.23. The normalized spacial score (nSPS) is 17.9. The molecule has 25 heavy (non-hydrogen) atoms. The Kier molecular flexibility index (Phi) is 5.10. The molecule has 0 saturated carbocycles. The molecular formula is C17H18F3N3OS. The monoisotopic (exact) mass is 369 g/mol. The molecule has 2 heterocycles. The van der Waals surface area contributed by atoms with Crippen molar-refractivity contribution < 1.29 is 18.0 Å². The number of nitrogens with zero attached hydrogens (tertiary/aromatic N) is 2. The fourth-order valence-corrected chi connectivity index (χ4v) is 3.76. The number of carbonyl (C=O) groups excluding carboxylic acids is 1. The first-order valence-electron chi connectivity index (χ1n) is 7.95. The van der Waals surface area contributed by atoms with E-state index in [2.05, 4.69) is 10.3 Å². The minimum absolute atomic E-state index is 0.159. The molecule has 0 radical (unpaired) electrons. The highest BCUT2D eigenvalue weighted by atomic mass is 32.1. The Morgan fingerprint density at radius 2 is 2.24 bits per heavy atom. The Balaban J connectivity index is 1.76. The van der Waals surface area contributed by atoms with Crippen molar-refractivity contribution in [3.8, 4) is 10.6 Å². The van der Waals surface area contributed by atoms with Crippen LogP contribution in [0.15, 0.2) is 29.6 Å². The number of benzene rings is 1. The average molecular weight is 369 g/mol. The van der Waals surface area contributed by atoms with E-state index in [0.29, 0.717) is 35.3 Å². The van der Waals surface area contributed by atoms with Gasteiger partial charge < -0.3 is 10.2 Å². The Bertz CT molecular complexity index is 760. The Morgan fingerprint density at radius 1 is 1.44 bits per heavy atom. The second kappa shape index (κ2) is 7.13. The molecule has 3 rings (SSSR count). The lowest BCUT2D eigenvalue weighted by Gasteiger charge is -2.15. The van der Waals surface area contributed by atoms with E-state index in [-0.39, 0.29) is 5.91 Å². The van der Waals surface area contributed by atoms with Gasteiger partial charge in [-0.2, -0.15) is 13.2 Å². The fraction of sp³-hybridized carbons (Fsp3) is 0.412. The molecule has 1 atom stereocenters. The summed E-state index contributed by atoms with van der Waals surface area (Å²) in [6.07, 6.45) is -3.46. The molecule has 1 aromatic carbocycles. The van der Waals surface area contributed by atoms with Crippen LogP contribution < -0.4 is 5.32 Å². The second-order valence-electron chi connectivity index (χ2n) is 6.08. The number of likely N-dealkylation sites (tertiary alicyclic amines) is 1. The maximum Gasteiger partial charge on any atom is 0.416 e. The molecule has 0 bridgehead atoms. The summed E-state index contributed by atoms with van der Waals surface area (Å²) >= 11 is 1.18. The first-order valence-corrected chi connectivity index (χ1v) is 8.83. The van der Waals surface area contributed by atoms with Gasteiger partial charge in [0.1, 0.15) is 10.7 Å². The number of rotatable bonds is 4. The summed E-state index contributed by atoms with van der Waals surface area (Å²) in [6.45, 7) is 2.22. The first-order chi connectivity index (χ1) is 11.9. The molecular weight excluding hydrogens is 351 g/mol. The maximum absolute atomic E-state index is 12.8. The minimum Gasteiger partial charge on any atom is -0.337 e. The molecule has 134 valence electrons. The van der Waals surface area contributed by atoms with Crippen LogP contribution in [0.4, 0.5) is 13.2 Å². The molecule has 1 aliphatic heterocycles. The van der Waals surface area contributed by atoms with Crippen LogP contribution >= 0.6 is 11.3 Å². The van der Waals surface area contributed by atoms with Crippen molar-refractivity contribution in [2.45, 2.75) is 12.6 Å². The standard InChI is InChI=1S/C17H18F3N3OS/c1-21-8-11-5-6-23(9-11)16(24)14-10-25-15(22-14)12-3-2-4-13(7-12)17(18,19)20/h2-4,7,10-11,21H,5-6,8-9H2,1H3. The van der Waals surface area contributed by atoms with Gasteiger partial charge in [-0.1, -0.05) is 12.1 Å². The molecule has 1 aliphatic rings. The van der Waals surface area contributed by atoms with Gasteiger partial charge in [0.2, 0.25) is 0 Å². The topological polar surface area (TPSA) is 45.2 Å². The van der Waals surface area contributed by atoms with E-state index in [1.54, 1.807) is 16.3 Å². The van der Waals surface area contributed by atoms with Crippen molar-refractivity contribution in [3.63, 3.8) is 0 Å². The summed E-state index contributed by atoms with van der Waals surface area (Å²) in [7, 11) is 1.88.